The molecule has 1 aliphatic heterocycles. The van der Waals surface area contributed by atoms with Gasteiger partial charge in [0, 0.05) is 24.4 Å². The molecule has 0 radical (unpaired) electrons. The van der Waals surface area contributed by atoms with Crippen LogP contribution in [0.5, 0.6) is 0 Å². The lowest BCUT2D eigenvalue weighted by atomic mass is 10.2. The van der Waals surface area contributed by atoms with Crippen LogP contribution in [0.1, 0.15) is 31.3 Å². The summed E-state index contributed by atoms with van der Waals surface area (Å²) >= 11 is 0. The van der Waals surface area contributed by atoms with Crippen molar-refractivity contribution >= 4 is 5.97 Å². The van der Waals surface area contributed by atoms with Gasteiger partial charge in [-0.05, 0) is 19.4 Å². The van der Waals surface area contributed by atoms with Crippen molar-refractivity contribution in [2.45, 2.75) is 25.6 Å². The Hall–Kier alpha value is -1.40. The zero-order chi connectivity index (χ0) is 12.5. The Kier molecular flexibility index (Phi) is 3.05. The highest BCUT2D eigenvalue weighted by Crippen LogP contribution is 2.48. The molecule has 3 rings (SSSR count). The van der Waals surface area contributed by atoms with Crippen molar-refractivity contribution in [3.63, 3.8) is 0 Å². The first-order valence-electron chi connectivity index (χ1n) is 6.36. The lowest BCUT2D eigenvalue weighted by Gasteiger charge is -2.14. The van der Waals surface area contributed by atoms with Crippen molar-refractivity contribution in [3.05, 3.63) is 18.0 Å². The molecule has 0 bridgehead atoms. The Morgan fingerprint density at radius 1 is 1.72 bits per heavy atom. The number of carbonyl (C=O) groups is 1. The summed E-state index contributed by atoms with van der Waals surface area (Å²) in [7, 11) is 0. The second-order valence-corrected chi connectivity index (χ2v) is 4.58. The van der Waals surface area contributed by atoms with Crippen LogP contribution < -0.4 is 5.32 Å². The Balaban J connectivity index is 1.71. The summed E-state index contributed by atoms with van der Waals surface area (Å²) < 4.78 is 12.4. The highest BCUT2D eigenvalue weighted by molar-refractivity contribution is 5.77. The van der Waals surface area contributed by atoms with Crippen LogP contribution in [0.3, 0.4) is 0 Å². The Bertz CT molecular complexity index is 440. The van der Waals surface area contributed by atoms with Crippen LogP contribution >= 0.6 is 0 Å². The highest BCUT2D eigenvalue weighted by atomic mass is 16.5. The number of hydrogen-bond acceptors (Lipinski definition) is 5. The van der Waals surface area contributed by atoms with Crippen LogP contribution in [-0.4, -0.2) is 35.5 Å². The molecule has 1 aliphatic carbocycles. The van der Waals surface area contributed by atoms with E-state index in [2.05, 4.69) is 10.4 Å². The molecule has 6 nitrogen and oxygen atoms in total. The van der Waals surface area contributed by atoms with Crippen molar-refractivity contribution < 1.29 is 14.3 Å². The van der Waals surface area contributed by atoms with Crippen molar-refractivity contribution in [2.24, 2.45) is 5.92 Å². The molecule has 3 atom stereocenters. The standard InChI is InChI=1S/C12H17N3O3/c1-2-17-11(16)9-7-8(9)10-3-4-14-15(10)12-13-5-6-18-12/h3-4,8-9,12-13H,2,5-7H2,1H3/t8-,9-,12?/m1/s1. The minimum Gasteiger partial charge on any atom is -0.466 e. The number of ether oxygens (including phenoxy) is 2. The third-order valence-corrected chi connectivity index (χ3v) is 3.38. The van der Waals surface area contributed by atoms with Gasteiger partial charge in [0.2, 0.25) is 6.35 Å². The normalized spacial score (nSPS) is 30.4. The van der Waals surface area contributed by atoms with E-state index in [1.807, 2.05) is 17.7 Å². The van der Waals surface area contributed by atoms with Crippen molar-refractivity contribution in [1.29, 1.82) is 0 Å². The monoisotopic (exact) mass is 251 g/mol. The van der Waals surface area contributed by atoms with E-state index >= 15 is 0 Å². The third kappa shape index (κ3) is 2.02. The number of rotatable bonds is 4. The van der Waals surface area contributed by atoms with Gasteiger partial charge in [-0.15, -0.1) is 0 Å². The fourth-order valence-electron chi connectivity index (χ4n) is 2.41. The van der Waals surface area contributed by atoms with Crippen LogP contribution in [-0.2, 0) is 14.3 Å². The Morgan fingerprint density at radius 3 is 3.33 bits per heavy atom. The number of carbonyl (C=O) groups excluding carboxylic acids is 1. The van der Waals surface area contributed by atoms with E-state index < -0.39 is 0 Å². The van der Waals surface area contributed by atoms with Gasteiger partial charge in [0.1, 0.15) is 0 Å². The topological polar surface area (TPSA) is 65.4 Å². The van der Waals surface area contributed by atoms with E-state index in [1.54, 1.807) is 6.20 Å². The largest absolute Gasteiger partial charge is 0.466 e. The molecule has 1 aromatic heterocycles. The second kappa shape index (κ2) is 4.70. The maximum atomic E-state index is 11.6. The van der Waals surface area contributed by atoms with Crippen LogP contribution in [0.4, 0.5) is 0 Å². The number of nitrogens with one attached hydrogen (secondary N) is 1. The van der Waals surface area contributed by atoms with Gasteiger partial charge in [-0.3, -0.25) is 10.1 Å². The summed E-state index contributed by atoms with van der Waals surface area (Å²) in [4.78, 5) is 11.6. The van der Waals surface area contributed by atoms with Crippen molar-refractivity contribution in [3.8, 4) is 0 Å². The minimum absolute atomic E-state index is 0.0122. The van der Waals surface area contributed by atoms with Gasteiger partial charge in [-0.2, -0.15) is 5.10 Å². The average Bonchev–Trinajstić information content (AvgIpc) is 2.82. The zero-order valence-corrected chi connectivity index (χ0v) is 10.3. The molecule has 0 amide bonds. The Morgan fingerprint density at radius 2 is 2.61 bits per heavy atom. The van der Waals surface area contributed by atoms with E-state index in [9.17, 15) is 4.79 Å². The molecule has 1 unspecified atom stereocenters. The SMILES string of the molecule is CCOC(=O)[C@@H]1C[C@H]1c1ccnn1C1NCCO1. The summed E-state index contributed by atoms with van der Waals surface area (Å²) in [5, 5.41) is 7.49. The minimum atomic E-state index is -0.196. The lowest BCUT2D eigenvalue weighted by molar-refractivity contribution is -0.144. The summed E-state index contributed by atoms with van der Waals surface area (Å²) in [5.74, 6) is 0.106. The molecule has 0 aromatic carbocycles. The van der Waals surface area contributed by atoms with Gasteiger partial charge < -0.3 is 9.47 Å². The van der Waals surface area contributed by atoms with E-state index in [-0.39, 0.29) is 24.2 Å². The summed E-state index contributed by atoms with van der Waals surface area (Å²) in [6, 6.07) is 1.95. The first-order valence-corrected chi connectivity index (χ1v) is 6.36. The molecule has 18 heavy (non-hydrogen) atoms. The summed E-state index contributed by atoms with van der Waals surface area (Å²) in [6.07, 6.45) is 2.40. The van der Waals surface area contributed by atoms with E-state index in [0.717, 1.165) is 18.7 Å². The smallest absolute Gasteiger partial charge is 0.309 e. The van der Waals surface area contributed by atoms with Crippen molar-refractivity contribution in [2.75, 3.05) is 19.8 Å². The third-order valence-electron chi connectivity index (χ3n) is 3.38. The lowest BCUT2D eigenvalue weighted by Crippen LogP contribution is -2.23. The number of hydrogen-bond donors (Lipinski definition) is 1. The molecule has 1 saturated carbocycles. The van der Waals surface area contributed by atoms with Crippen LogP contribution in [0.2, 0.25) is 0 Å². The predicted octanol–water partition coefficient (Wildman–Crippen LogP) is 0.626. The van der Waals surface area contributed by atoms with Crippen LogP contribution in [0.15, 0.2) is 12.3 Å². The van der Waals surface area contributed by atoms with Gasteiger partial charge in [0.25, 0.3) is 0 Å². The first kappa shape index (κ1) is 11.7. The van der Waals surface area contributed by atoms with Crippen LogP contribution in [0.25, 0.3) is 0 Å². The van der Waals surface area contributed by atoms with E-state index in [0.29, 0.717) is 13.2 Å². The van der Waals surface area contributed by atoms with E-state index in [4.69, 9.17) is 9.47 Å². The first-order chi connectivity index (χ1) is 8.81. The molecular weight excluding hydrogens is 234 g/mol. The number of aromatic nitrogens is 2. The van der Waals surface area contributed by atoms with Crippen molar-refractivity contribution in [1.82, 2.24) is 15.1 Å². The summed E-state index contributed by atoms with van der Waals surface area (Å²) in [5.41, 5.74) is 1.05. The maximum absolute atomic E-state index is 11.6. The fourth-order valence-corrected chi connectivity index (χ4v) is 2.41. The maximum Gasteiger partial charge on any atom is 0.309 e. The molecule has 0 spiro atoms. The molecule has 2 aliphatic rings. The van der Waals surface area contributed by atoms with Gasteiger partial charge in [0.05, 0.1) is 19.1 Å². The summed E-state index contributed by atoms with van der Waals surface area (Å²) in [6.45, 7) is 3.79. The molecule has 1 aromatic rings. The molecular formula is C12H17N3O3. The molecule has 1 saturated heterocycles. The molecule has 1 N–H and O–H groups in total. The zero-order valence-electron chi connectivity index (χ0n) is 10.3. The fraction of sp³-hybridized carbons (Fsp3) is 0.667. The predicted molar refractivity (Wildman–Crippen MR) is 62.7 cm³/mol. The molecule has 98 valence electrons. The van der Waals surface area contributed by atoms with Gasteiger partial charge >= 0.3 is 5.97 Å². The van der Waals surface area contributed by atoms with Crippen LogP contribution in [0, 0.1) is 5.92 Å². The number of nitrogens with zero attached hydrogens (tertiary/aromatic N) is 2. The van der Waals surface area contributed by atoms with Gasteiger partial charge in [-0.1, -0.05) is 0 Å². The number of esters is 1. The van der Waals surface area contributed by atoms with Gasteiger partial charge in [0.15, 0.2) is 0 Å². The highest BCUT2D eigenvalue weighted by Gasteiger charge is 2.47. The molecule has 6 heteroatoms. The van der Waals surface area contributed by atoms with Gasteiger partial charge in [-0.25, -0.2) is 4.68 Å². The quantitative estimate of drug-likeness (QED) is 0.795. The molecule has 2 fully saturated rings. The Labute approximate surface area is 105 Å². The average molecular weight is 251 g/mol. The van der Waals surface area contributed by atoms with E-state index in [1.165, 1.54) is 0 Å². The second-order valence-electron chi connectivity index (χ2n) is 4.58. The molecule has 2 heterocycles.